The fourth-order valence-electron chi connectivity index (χ4n) is 1.99. The number of hydrogen-bond donors (Lipinski definition) is 1. The van der Waals surface area contributed by atoms with E-state index in [1.807, 2.05) is 6.92 Å². The molecule has 0 spiro atoms. The summed E-state index contributed by atoms with van der Waals surface area (Å²) in [4.78, 5) is 12.2. The zero-order valence-electron chi connectivity index (χ0n) is 12.6. The SMILES string of the molecule is Cc1cc(F)ccc1NC(=O)[C@H](C)Oc1ccc(Cl)cc1C. The van der Waals surface area contributed by atoms with Crippen LogP contribution in [0.2, 0.25) is 5.02 Å². The Morgan fingerprint density at radius 2 is 1.91 bits per heavy atom. The Kier molecular flexibility index (Phi) is 5.03. The molecule has 0 radical (unpaired) electrons. The molecule has 0 unspecified atom stereocenters. The third-order valence-corrected chi connectivity index (χ3v) is 3.49. The molecule has 1 N–H and O–H groups in total. The zero-order valence-corrected chi connectivity index (χ0v) is 13.4. The van der Waals surface area contributed by atoms with Crippen molar-refractivity contribution in [1.82, 2.24) is 0 Å². The van der Waals surface area contributed by atoms with Crippen LogP contribution in [0.3, 0.4) is 0 Å². The van der Waals surface area contributed by atoms with Gasteiger partial charge in [-0.3, -0.25) is 4.79 Å². The van der Waals surface area contributed by atoms with Gasteiger partial charge in [0, 0.05) is 10.7 Å². The number of anilines is 1. The lowest BCUT2D eigenvalue weighted by molar-refractivity contribution is -0.122. The molecule has 0 fully saturated rings. The molecule has 0 saturated carbocycles. The molecule has 1 atom stereocenters. The molecule has 0 aliphatic rings. The highest BCUT2D eigenvalue weighted by Crippen LogP contribution is 2.23. The second kappa shape index (κ2) is 6.79. The van der Waals surface area contributed by atoms with Gasteiger partial charge >= 0.3 is 0 Å². The van der Waals surface area contributed by atoms with Gasteiger partial charge in [0.05, 0.1) is 0 Å². The number of carbonyl (C=O) groups is 1. The van der Waals surface area contributed by atoms with Crippen LogP contribution in [0, 0.1) is 19.7 Å². The maximum atomic E-state index is 13.1. The maximum absolute atomic E-state index is 13.1. The van der Waals surface area contributed by atoms with Crippen molar-refractivity contribution in [1.29, 1.82) is 0 Å². The van der Waals surface area contributed by atoms with E-state index >= 15 is 0 Å². The summed E-state index contributed by atoms with van der Waals surface area (Å²) in [6.45, 7) is 5.24. The van der Waals surface area contributed by atoms with Crippen molar-refractivity contribution >= 4 is 23.2 Å². The Bertz CT molecular complexity index is 703. The molecule has 2 aromatic carbocycles. The van der Waals surface area contributed by atoms with Gasteiger partial charge in [0.2, 0.25) is 0 Å². The van der Waals surface area contributed by atoms with Crippen LogP contribution in [0.4, 0.5) is 10.1 Å². The average molecular weight is 322 g/mol. The summed E-state index contributed by atoms with van der Waals surface area (Å²) in [5.41, 5.74) is 2.07. The number of benzene rings is 2. The van der Waals surface area contributed by atoms with Gasteiger partial charge in [-0.1, -0.05) is 11.6 Å². The van der Waals surface area contributed by atoms with E-state index in [9.17, 15) is 9.18 Å². The third kappa shape index (κ3) is 3.98. The topological polar surface area (TPSA) is 38.3 Å². The summed E-state index contributed by atoms with van der Waals surface area (Å²) in [5, 5.41) is 3.35. The number of amides is 1. The molecule has 0 aromatic heterocycles. The van der Waals surface area contributed by atoms with Crippen LogP contribution in [-0.4, -0.2) is 12.0 Å². The van der Waals surface area contributed by atoms with Gasteiger partial charge in [-0.05, 0) is 68.3 Å². The highest BCUT2D eigenvalue weighted by molar-refractivity contribution is 6.30. The van der Waals surface area contributed by atoms with Crippen LogP contribution < -0.4 is 10.1 Å². The first kappa shape index (κ1) is 16.3. The van der Waals surface area contributed by atoms with Gasteiger partial charge in [-0.15, -0.1) is 0 Å². The summed E-state index contributed by atoms with van der Waals surface area (Å²) >= 11 is 5.89. The Hall–Kier alpha value is -2.07. The fraction of sp³-hybridized carbons (Fsp3) is 0.235. The molecule has 2 aromatic rings. The Labute approximate surface area is 134 Å². The summed E-state index contributed by atoms with van der Waals surface area (Å²) in [6.07, 6.45) is -0.690. The number of hydrogen-bond acceptors (Lipinski definition) is 2. The monoisotopic (exact) mass is 321 g/mol. The van der Waals surface area contributed by atoms with Crippen molar-refractivity contribution in [2.75, 3.05) is 5.32 Å². The molecule has 116 valence electrons. The molecule has 22 heavy (non-hydrogen) atoms. The standard InChI is InChI=1S/C17H17ClFNO2/c1-10-9-14(19)5-6-15(10)20-17(21)12(3)22-16-7-4-13(18)8-11(16)2/h4-9,12H,1-3H3,(H,20,21)/t12-/m0/s1. The minimum atomic E-state index is -0.690. The van der Waals surface area contributed by atoms with Gasteiger partial charge in [0.1, 0.15) is 11.6 Å². The van der Waals surface area contributed by atoms with Gasteiger partial charge in [0.15, 0.2) is 6.10 Å². The van der Waals surface area contributed by atoms with E-state index in [0.29, 0.717) is 22.0 Å². The average Bonchev–Trinajstić information content (AvgIpc) is 2.44. The van der Waals surface area contributed by atoms with Crippen molar-refractivity contribution in [2.45, 2.75) is 26.9 Å². The minimum Gasteiger partial charge on any atom is -0.481 e. The molecule has 3 nitrogen and oxygen atoms in total. The minimum absolute atomic E-state index is 0.302. The van der Waals surface area contributed by atoms with Gasteiger partial charge in [-0.2, -0.15) is 0 Å². The molecular formula is C17H17ClFNO2. The zero-order chi connectivity index (χ0) is 16.3. The van der Waals surface area contributed by atoms with Crippen molar-refractivity contribution in [3.63, 3.8) is 0 Å². The number of rotatable bonds is 4. The van der Waals surface area contributed by atoms with Crippen LogP contribution in [0.1, 0.15) is 18.1 Å². The van der Waals surface area contributed by atoms with E-state index in [0.717, 1.165) is 5.56 Å². The molecule has 0 heterocycles. The number of aryl methyl sites for hydroxylation is 2. The molecule has 0 aliphatic carbocycles. The normalized spacial score (nSPS) is 11.9. The number of halogens is 2. The lowest BCUT2D eigenvalue weighted by Gasteiger charge is -2.17. The van der Waals surface area contributed by atoms with Gasteiger partial charge in [-0.25, -0.2) is 4.39 Å². The number of nitrogens with one attached hydrogen (secondary N) is 1. The lowest BCUT2D eigenvalue weighted by Crippen LogP contribution is -2.30. The van der Waals surface area contributed by atoms with Crippen LogP contribution in [0.15, 0.2) is 36.4 Å². The molecule has 5 heteroatoms. The highest BCUT2D eigenvalue weighted by Gasteiger charge is 2.16. The van der Waals surface area contributed by atoms with E-state index in [-0.39, 0.29) is 11.7 Å². The smallest absolute Gasteiger partial charge is 0.265 e. The second-order valence-electron chi connectivity index (χ2n) is 5.12. The first-order chi connectivity index (χ1) is 10.4. The van der Waals surface area contributed by atoms with E-state index in [2.05, 4.69) is 5.32 Å². The summed E-state index contributed by atoms with van der Waals surface area (Å²) in [5.74, 6) is -0.0384. The Balaban J connectivity index is 2.05. The number of carbonyl (C=O) groups excluding carboxylic acids is 1. The van der Waals surface area contributed by atoms with Crippen LogP contribution in [0.25, 0.3) is 0 Å². The van der Waals surface area contributed by atoms with Gasteiger partial charge < -0.3 is 10.1 Å². The predicted molar refractivity (Wildman–Crippen MR) is 86.0 cm³/mol. The van der Waals surface area contributed by atoms with Crippen molar-refractivity contribution in [3.05, 3.63) is 58.4 Å². The van der Waals surface area contributed by atoms with Crippen molar-refractivity contribution in [2.24, 2.45) is 0 Å². The van der Waals surface area contributed by atoms with Crippen LogP contribution >= 0.6 is 11.6 Å². The first-order valence-electron chi connectivity index (χ1n) is 6.86. The Morgan fingerprint density at radius 1 is 1.18 bits per heavy atom. The molecule has 0 saturated heterocycles. The second-order valence-corrected chi connectivity index (χ2v) is 5.55. The van der Waals surface area contributed by atoms with Crippen LogP contribution in [0.5, 0.6) is 5.75 Å². The van der Waals surface area contributed by atoms with Gasteiger partial charge in [0.25, 0.3) is 5.91 Å². The summed E-state index contributed by atoms with van der Waals surface area (Å²) < 4.78 is 18.7. The van der Waals surface area contributed by atoms with Crippen LogP contribution in [-0.2, 0) is 4.79 Å². The lowest BCUT2D eigenvalue weighted by atomic mass is 10.2. The first-order valence-corrected chi connectivity index (χ1v) is 7.24. The summed E-state index contributed by atoms with van der Waals surface area (Å²) in [7, 11) is 0. The quantitative estimate of drug-likeness (QED) is 0.900. The van der Waals surface area contributed by atoms with E-state index < -0.39 is 6.10 Å². The molecule has 0 bridgehead atoms. The predicted octanol–water partition coefficient (Wildman–Crippen LogP) is 4.50. The van der Waals surface area contributed by atoms with E-state index in [1.165, 1.54) is 18.2 Å². The number of ether oxygens (including phenoxy) is 1. The highest BCUT2D eigenvalue weighted by atomic mass is 35.5. The molecule has 1 amide bonds. The molecule has 0 aliphatic heterocycles. The van der Waals surface area contributed by atoms with E-state index in [4.69, 9.17) is 16.3 Å². The largest absolute Gasteiger partial charge is 0.481 e. The molecule has 2 rings (SSSR count). The third-order valence-electron chi connectivity index (χ3n) is 3.26. The maximum Gasteiger partial charge on any atom is 0.265 e. The fourth-order valence-corrected chi connectivity index (χ4v) is 2.22. The molecular weight excluding hydrogens is 305 g/mol. The Morgan fingerprint density at radius 3 is 2.55 bits per heavy atom. The van der Waals surface area contributed by atoms with E-state index in [1.54, 1.807) is 32.0 Å². The van der Waals surface area contributed by atoms with Crippen molar-refractivity contribution < 1.29 is 13.9 Å². The van der Waals surface area contributed by atoms with Crippen molar-refractivity contribution in [3.8, 4) is 5.75 Å². The summed E-state index contributed by atoms with van der Waals surface area (Å²) in [6, 6.07) is 9.40.